The van der Waals surface area contributed by atoms with Gasteiger partial charge in [-0.3, -0.25) is 14.4 Å². The Labute approximate surface area is 237 Å². The van der Waals surface area contributed by atoms with Crippen molar-refractivity contribution in [3.8, 4) is 11.5 Å². The van der Waals surface area contributed by atoms with E-state index in [2.05, 4.69) is 41.4 Å². The van der Waals surface area contributed by atoms with E-state index < -0.39 is 6.04 Å². The van der Waals surface area contributed by atoms with Crippen molar-refractivity contribution >= 4 is 23.3 Å². The lowest BCUT2D eigenvalue weighted by atomic mass is 9.75. The van der Waals surface area contributed by atoms with Crippen molar-refractivity contribution in [2.24, 2.45) is 5.41 Å². The number of carbonyl (C=O) groups excluding carboxylic acids is 3. The van der Waals surface area contributed by atoms with Crippen molar-refractivity contribution in [1.29, 1.82) is 0 Å². The number of hydrogen-bond acceptors (Lipinski definition) is 6. The highest BCUT2D eigenvalue weighted by molar-refractivity contribution is 6.06. The van der Waals surface area contributed by atoms with Gasteiger partial charge in [0.25, 0.3) is 5.91 Å². The Morgan fingerprint density at radius 1 is 1.20 bits per heavy atom. The van der Waals surface area contributed by atoms with E-state index in [0.29, 0.717) is 53.3 Å². The number of carbonyl (C=O) groups is 3. The van der Waals surface area contributed by atoms with Gasteiger partial charge in [0.15, 0.2) is 5.78 Å². The molecule has 1 aliphatic heterocycles. The van der Waals surface area contributed by atoms with Crippen LogP contribution in [0.3, 0.4) is 0 Å². The zero-order chi connectivity index (χ0) is 29.0. The fourth-order valence-corrected chi connectivity index (χ4v) is 5.73. The minimum atomic E-state index is -0.751. The molecule has 1 aromatic carbocycles. The maximum absolute atomic E-state index is 13.4. The summed E-state index contributed by atoms with van der Waals surface area (Å²) in [5.74, 6) is 0.532. The Morgan fingerprint density at radius 3 is 2.60 bits per heavy atom. The van der Waals surface area contributed by atoms with Crippen LogP contribution in [-0.4, -0.2) is 66.9 Å². The van der Waals surface area contributed by atoms with E-state index in [1.165, 1.54) is 0 Å². The Morgan fingerprint density at radius 2 is 1.93 bits per heavy atom. The molecule has 2 amide bonds. The Hall–Kier alpha value is -3.33. The maximum atomic E-state index is 13.4. The average molecular weight is 553 g/mol. The van der Waals surface area contributed by atoms with Gasteiger partial charge in [0, 0.05) is 36.8 Å². The number of Topliss-reactive ketones (excluding diaryl/α,β-unsaturated/α-hetero) is 1. The number of H-pyrrole nitrogens is 1. The number of anilines is 1. The molecule has 1 aromatic heterocycles. The molecule has 1 unspecified atom stereocenters. The highest BCUT2D eigenvalue weighted by atomic mass is 16.5. The molecule has 0 bridgehead atoms. The number of likely N-dealkylation sites (tertiary alicyclic amines) is 1. The van der Waals surface area contributed by atoms with E-state index in [4.69, 9.17) is 9.47 Å². The number of hydrogen-bond donors (Lipinski definition) is 3. The van der Waals surface area contributed by atoms with Crippen LogP contribution >= 0.6 is 0 Å². The molecular weight excluding hydrogens is 508 g/mol. The number of aromatic amines is 1. The number of unbranched alkanes of at least 4 members (excludes halogenated alkanes) is 1. The summed E-state index contributed by atoms with van der Waals surface area (Å²) in [6.07, 6.45) is 5.36. The number of amides is 2. The van der Waals surface area contributed by atoms with Crippen LogP contribution in [-0.2, 0) is 11.2 Å². The minimum absolute atomic E-state index is 0.0506. The lowest BCUT2D eigenvalue weighted by Crippen LogP contribution is -2.44. The number of nitrogens with zero attached hydrogens (tertiary/aromatic N) is 1. The molecule has 40 heavy (non-hydrogen) atoms. The number of nitrogens with one attached hydrogen (secondary N) is 3. The molecule has 9 heteroatoms. The van der Waals surface area contributed by atoms with Crippen molar-refractivity contribution in [1.82, 2.24) is 15.2 Å². The number of rotatable bonds is 10. The summed E-state index contributed by atoms with van der Waals surface area (Å²) in [6, 6.07) is 4.65. The first kappa shape index (κ1) is 29.6. The van der Waals surface area contributed by atoms with Crippen LogP contribution in [0.1, 0.15) is 91.4 Å². The summed E-state index contributed by atoms with van der Waals surface area (Å²) in [5, 5.41) is 5.86. The van der Waals surface area contributed by atoms with Gasteiger partial charge in [-0.15, -0.1) is 0 Å². The molecule has 9 nitrogen and oxygen atoms in total. The standard InChI is InChI=1S/C31H44N4O5/c1-7-8-9-23(34-30(38)28-19(2)27-24(32-28)17-31(3,4)18-25(27)36)29(37)33-22-11-10-21(16-26(22)39-6)40-20-12-14-35(5)15-13-20/h10-11,16,20,23,32H,7-9,12-15,17-18H2,1-6H3,(H,33,37)(H,34,38). The first-order valence-corrected chi connectivity index (χ1v) is 14.4. The molecule has 1 aliphatic carbocycles. The summed E-state index contributed by atoms with van der Waals surface area (Å²) >= 11 is 0. The fraction of sp³-hybridized carbons (Fsp3) is 0.581. The third-order valence-corrected chi connectivity index (χ3v) is 8.00. The van der Waals surface area contributed by atoms with Crippen LogP contribution in [0.15, 0.2) is 18.2 Å². The molecule has 4 rings (SSSR count). The minimum Gasteiger partial charge on any atom is -0.494 e. The second-order valence-electron chi connectivity index (χ2n) is 12.1. The quantitative estimate of drug-likeness (QED) is 0.387. The summed E-state index contributed by atoms with van der Waals surface area (Å²) in [5.41, 5.74) is 2.75. The Kier molecular flexibility index (Phi) is 9.23. The zero-order valence-electron chi connectivity index (χ0n) is 24.7. The zero-order valence-corrected chi connectivity index (χ0v) is 24.7. The second kappa shape index (κ2) is 12.5. The topological polar surface area (TPSA) is 113 Å². The number of ether oxygens (including phenoxy) is 2. The van der Waals surface area contributed by atoms with E-state index in [-0.39, 0.29) is 29.1 Å². The van der Waals surface area contributed by atoms with Gasteiger partial charge in [0.05, 0.1) is 12.8 Å². The predicted molar refractivity (Wildman–Crippen MR) is 156 cm³/mol. The average Bonchev–Trinajstić information content (AvgIpc) is 3.23. The molecule has 0 spiro atoms. The first-order chi connectivity index (χ1) is 19.0. The third-order valence-electron chi connectivity index (χ3n) is 8.00. The van der Waals surface area contributed by atoms with Gasteiger partial charge in [0.2, 0.25) is 5.91 Å². The monoisotopic (exact) mass is 552 g/mol. The van der Waals surface area contributed by atoms with Gasteiger partial charge >= 0.3 is 0 Å². The summed E-state index contributed by atoms with van der Waals surface area (Å²) in [7, 11) is 3.67. The third kappa shape index (κ3) is 6.86. The number of fused-ring (bicyclic) bond motifs is 1. The highest BCUT2D eigenvalue weighted by Gasteiger charge is 2.35. The molecule has 2 heterocycles. The molecule has 1 saturated heterocycles. The fourth-order valence-electron chi connectivity index (χ4n) is 5.73. The maximum Gasteiger partial charge on any atom is 0.268 e. The van der Waals surface area contributed by atoms with Crippen molar-refractivity contribution in [2.45, 2.75) is 84.8 Å². The van der Waals surface area contributed by atoms with Crippen LogP contribution in [0, 0.1) is 12.3 Å². The number of methoxy groups -OCH3 is 1. The number of benzene rings is 1. The van der Waals surface area contributed by atoms with Crippen LogP contribution in [0.5, 0.6) is 11.5 Å². The molecule has 0 saturated carbocycles. The van der Waals surface area contributed by atoms with Gasteiger partial charge in [-0.2, -0.15) is 0 Å². The predicted octanol–water partition coefficient (Wildman–Crippen LogP) is 4.89. The number of aromatic nitrogens is 1. The van der Waals surface area contributed by atoms with Crippen molar-refractivity contribution < 1.29 is 23.9 Å². The van der Waals surface area contributed by atoms with E-state index in [1.807, 2.05) is 13.0 Å². The molecule has 3 N–H and O–H groups in total. The van der Waals surface area contributed by atoms with Crippen LogP contribution in [0.4, 0.5) is 5.69 Å². The highest BCUT2D eigenvalue weighted by Crippen LogP contribution is 2.37. The Balaban J connectivity index is 1.47. The van der Waals surface area contributed by atoms with Crippen molar-refractivity contribution in [3.63, 3.8) is 0 Å². The van der Waals surface area contributed by atoms with E-state index in [1.54, 1.807) is 26.2 Å². The van der Waals surface area contributed by atoms with E-state index in [9.17, 15) is 14.4 Å². The van der Waals surface area contributed by atoms with Crippen LogP contribution in [0.2, 0.25) is 0 Å². The van der Waals surface area contributed by atoms with Crippen molar-refractivity contribution in [3.05, 3.63) is 40.7 Å². The van der Waals surface area contributed by atoms with Gasteiger partial charge in [-0.1, -0.05) is 33.6 Å². The largest absolute Gasteiger partial charge is 0.494 e. The normalized spacial score (nSPS) is 18.1. The molecule has 1 atom stereocenters. The van der Waals surface area contributed by atoms with Crippen LogP contribution < -0.4 is 20.1 Å². The van der Waals surface area contributed by atoms with Crippen LogP contribution in [0.25, 0.3) is 0 Å². The van der Waals surface area contributed by atoms with Crippen molar-refractivity contribution in [2.75, 3.05) is 32.6 Å². The molecule has 1 fully saturated rings. The molecular formula is C31H44N4O5. The molecule has 218 valence electrons. The summed E-state index contributed by atoms with van der Waals surface area (Å²) in [4.78, 5) is 45.1. The van der Waals surface area contributed by atoms with E-state index in [0.717, 1.165) is 44.5 Å². The molecule has 0 radical (unpaired) electrons. The summed E-state index contributed by atoms with van der Waals surface area (Å²) < 4.78 is 11.7. The number of ketones is 1. The first-order valence-electron chi connectivity index (χ1n) is 14.4. The second-order valence-corrected chi connectivity index (χ2v) is 12.1. The van der Waals surface area contributed by atoms with Gasteiger partial charge in [-0.05, 0) is 62.8 Å². The Bertz CT molecular complexity index is 1240. The molecule has 2 aromatic rings. The summed E-state index contributed by atoms with van der Waals surface area (Å²) in [6.45, 7) is 9.94. The van der Waals surface area contributed by atoms with Gasteiger partial charge < -0.3 is 30.0 Å². The van der Waals surface area contributed by atoms with Gasteiger partial charge in [-0.25, -0.2) is 0 Å². The lowest BCUT2D eigenvalue weighted by molar-refractivity contribution is -0.118. The number of piperidine rings is 1. The van der Waals surface area contributed by atoms with E-state index >= 15 is 0 Å². The lowest BCUT2D eigenvalue weighted by Gasteiger charge is -2.29. The SMILES string of the molecule is CCCCC(NC(=O)c1[nH]c2c(c1C)C(=O)CC(C)(C)C2)C(=O)Nc1ccc(OC2CCN(C)CC2)cc1OC. The smallest absolute Gasteiger partial charge is 0.268 e. The molecule has 2 aliphatic rings. The van der Waals surface area contributed by atoms with Gasteiger partial charge in [0.1, 0.15) is 29.3 Å².